The number of aliphatic hydroxyl groups excluding tert-OH is 1. The van der Waals surface area contributed by atoms with Crippen molar-refractivity contribution < 1.29 is 14.3 Å². The zero-order valence-corrected chi connectivity index (χ0v) is 12.1. The molecule has 0 unspecified atom stereocenters. The molecule has 4 nitrogen and oxygen atoms in total. The number of aryl methyl sites for hydroxylation is 1. The topological polar surface area (TPSA) is 62.2 Å². The van der Waals surface area contributed by atoms with E-state index in [1.807, 2.05) is 0 Å². The molecule has 0 saturated carbocycles. The molecule has 0 saturated heterocycles. The monoisotopic (exact) mass is 304 g/mol. The molecule has 2 rings (SSSR count). The second-order valence-corrected chi connectivity index (χ2v) is 5.24. The average Bonchev–Trinajstić information content (AvgIpc) is 2.89. The Kier molecular flexibility index (Phi) is 5.04. The summed E-state index contributed by atoms with van der Waals surface area (Å²) in [5.41, 5.74) is 0.838. The molecule has 2 aromatic rings. The molecule has 21 heavy (non-hydrogen) atoms. The highest BCUT2D eigenvalue weighted by Crippen LogP contribution is 2.17. The minimum Gasteiger partial charge on any atom is -0.395 e. The normalized spacial score (nSPS) is 9.86. The van der Waals surface area contributed by atoms with Gasteiger partial charge < -0.3 is 10.4 Å². The Hall–Kier alpha value is -2.23. The van der Waals surface area contributed by atoms with Crippen LogP contribution >= 0.6 is 11.3 Å². The van der Waals surface area contributed by atoms with Crippen LogP contribution in [0.4, 0.5) is 10.1 Å². The van der Waals surface area contributed by atoms with Gasteiger partial charge in [0.25, 0.3) is 5.91 Å². The van der Waals surface area contributed by atoms with E-state index in [0.29, 0.717) is 12.0 Å². The number of anilines is 1. The molecule has 0 spiro atoms. The molecule has 1 amide bonds. The Morgan fingerprint density at radius 1 is 1.52 bits per heavy atom. The predicted molar refractivity (Wildman–Crippen MR) is 79.8 cm³/mol. The maximum atomic E-state index is 13.9. The number of rotatable bonds is 3. The van der Waals surface area contributed by atoms with Crippen molar-refractivity contribution in [3.05, 3.63) is 45.7 Å². The molecule has 0 fully saturated rings. The molecule has 2 N–H and O–H groups in total. The Labute approximate surface area is 125 Å². The van der Waals surface area contributed by atoms with Gasteiger partial charge in [-0.05, 0) is 25.1 Å². The molecule has 0 radical (unpaired) electrons. The van der Waals surface area contributed by atoms with Gasteiger partial charge in [0.1, 0.15) is 11.5 Å². The van der Waals surface area contributed by atoms with Gasteiger partial charge in [-0.1, -0.05) is 11.8 Å². The minimum atomic E-state index is -0.564. The first-order valence-electron chi connectivity index (χ1n) is 6.23. The van der Waals surface area contributed by atoms with E-state index >= 15 is 0 Å². The zero-order valence-electron chi connectivity index (χ0n) is 11.3. The van der Waals surface area contributed by atoms with E-state index in [2.05, 4.69) is 22.1 Å². The first-order valence-corrected chi connectivity index (χ1v) is 7.11. The summed E-state index contributed by atoms with van der Waals surface area (Å²) in [7, 11) is 0. The highest BCUT2D eigenvalue weighted by Gasteiger charge is 2.12. The molecule has 6 heteroatoms. The van der Waals surface area contributed by atoms with Gasteiger partial charge in [0.2, 0.25) is 0 Å². The van der Waals surface area contributed by atoms with Crippen LogP contribution in [0.15, 0.2) is 23.6 Å². The molecule has 0 atom stereocenters. The molecule has 0 bridgehead atoms. The summed E-state index contributed by atoms with van der Waals surface area (Å²) in [6.45, 7) is 1.76. The summed E-state index contributed by atoms with van der Waals surface area (Å²) >= 11 is 1.36. The fourth-order valence-electron chi connectivity index (χ4n) is 1.57. The number of amides is 1. The standard InChI is InChI=1S/C15H13FN2O2S/c1-10-17-14(9-21-10)15(20)18-13-6-5-11(8-12(13)16)4-2-3-7-19/h5-6,8-9,19H,3,7H2,1H3,(H,18,20). The van der Waals surface area contributed by atoms with E-state index in [0.717, 1.165) is 5.01 Å². The second kappa shape index (κ2) is 6.97. The highest BCUT2D eigenvalue weighted by atomic mass is 32.1. The number of aliphatic hydroxyl groups is 1. The van der Waals surface area contributed by atoms with Gasteiger partial charge in [-0.2, -0.15) is 0 Å². The van der Waals surface area contributed by atoms with Gasteiger partial charge in [0, 0.05) is 17.4 Å². The number of hydrogen-bond donors (Lipinski definition) is 2. The van der Waals surface area contributed by atoms with E-state index in [1.54, 1.807) is 18.4 Å². The van der Waals surface area contributed by atoms with Gasteiger partial charge in [0.05, 0.1) is 17.3 Å². The molecule has 1 aromatic heterocycles. The number of nitrogens with one attached hydrogen (secondary N) is 1. The zero-order chi connectivity index (χ0) is 15.2. The van der Waals surface area contributed by atoms with Gasteiger partial charge >= 0.3 is 0 Å². The van der Waals surface area contributed by atoms with Crippen LogP contribution < -0.4 is 5.32 Å². The number of thiazole rings is 1. The van der Waals surface area contributed by atoms with Crippen LogP contribution in [0.5, 0.6) is 0 Å². The van der Waals surface area contributed by atoms with Crippen LogP contribution in [-0.2, 0) is 0 Å². The number of benzene rings is 1. The highest BCUT2D eigenvalue weighted by molar-refractivity contribution is 7.09. The molecule has 1 heterocycles. The first kappa shape index (κ1) is 15.2. The van der Waals surface area contributed by atoms with Gasteiger partial charge in [-0.3, -0.25) is 4.79 Å². The summed E-state index contributed by atoms with van der Waals surface area (Å²) in [4.78, 5) is 15.9. The summed E-state index contributed by atoms with van der Waals surface area (Å²) in [6, 6.07) is 4.30. The summed E-state index contributed by atoms with van der Waals surface area (Å²) in [5.74, 6) is 4.42. The molecular formula is C15H13FN2O2S. The Bertz CT molecular complexity index is 716. The van der Waals surface area contributed by atoms with Crippen molar-refractivity contribution in [3.63, 3.8) is 0 Å². The molecule has 0 aliphatic carbocycles. The third kappa shape index (κ3) is 4.12. The summed E-state index contributed by atoms with van der Waals surface area (Å²) < 4.78 is 13.9. The van der Waals surface area contributed by atoms with Crippen molar-refractivity contribution in [2.45, 2.75) is 13.3 Å². The lowest BCUT2D eigenvalue weighted by atomic mass is 10.2. The number of halogens is 1. The van der Waals surface area contributed by atoms with Gasteiger partial charge in [-0.15, -0.1) is 11.3 Å². The Morgan fingerprint density at radius 2 is 2.33 bits per heavy atom. The van der Waals surface area contributed by atoms with Crippen molar-refractivity contribution in [2.75, 3.05) is 11.9 Å². The van der Waals surface area contributed by atoms with Crippen molar-refractivity contribution in [2.24, 2.45) is 0 Å². The van der Waals surface area contributed by atoms with Gasteiger partial charge in [0.15, 0.2) is 0 Å². The van der Waals surface area contributed by atoms with E-state index < -0.39 is 11.7 Å². The fraction of sp³-hybridized carbons (Fsp3) is 0.200. The van der Waals surface area contributed by atoms with E-state index in [9.17, 15) is 9.18 Å². The molecule has 1 aromatic carbocycles. The van der Waals surface area contributed by atoms with E-state index in [-0.39, 0.29) is 18.0 Å². The van der Waals surface area contributed by atoms with Crippen molar-refractivity contribution in [1.29, 1.82) is 0 Å². The van der Waals surface area contributed by atoms with Crippen LogP contribution in [0, 0.1) is 24.6 Å². The quantitative estimate of drug-likeness (QED) is 0.857. The SMILES string of the molecule is Cc1nc(C(=O)Nc2ccc(C#CCCO)cc2F)cs1. The van der Waals surface area contributed by atoms with Crippen molar-refractivity contribution >= 4 is 22.9 Å². The lowest BCUT2D eigenvalue weighted by molar-refractivity contribution is 0.102. The molecule has 0 aliphatic heterocycles. The molecule has 108 valence electrons. The molecular weight excluding hydrogens is 291 g/mol. The maximum absolute atomic E-state index is 13.9. The fourth-order valence-corrected chi connectivity index (χ4v) is 2.16. The smallest absolute Gasteiger partial charge is 0.275 e. The first-order chi connectivity index (χ1) is 10.1. The largest absolute Gasteiger partial charge is 0.395 e. The van der Waals surface area contributed by atoms with Crippen LogP contribution in [0.25, 0.3) is 0 Å². The van der Waals surface area contributed by atoms with Crippen LogP contribution in [0.3, 0.4) is 0 Å². The third-order valence-corrected chi connectivity index (χ3v) is 3.31. The predicted octanol–water partition coefficient (Wildman–Crippen LogP) is 2.58. The van der Waals surface area contributed by atoms with E-state index in [1.165, 1.54) is 23.5 Å². The average molecular weight is 304 g/mol. The van der Waals surface area contributed by atoms with Gasteiger partial charge in [-0.25, -0.2) is 9.37 Å². The minimum absolute atomic E-state index is 0.0311. The van der Waals surface area contributed by atoms with Crippen molar-refractivity contribution in [1.82, 2.24) is 4.98 Å². The Morgan fingerprint density at radius 3 is 2.95 bits per heavy atom. The second-order valence-electron chi connectivity index (χ2n) is 4.18. The number of nitrogens with zero attached hydrogens (tertiary/aromatic N) is 1. The number of carbonyl (C=O) groups is 1. The maximum Gasteiger partial charge on any atom is 0.275 e. The van der Waals surface area contributed by atoms with E-state index in [4.69, 9.17) is 5.11 Å². The summed E-state index contributed by atoms with van der Waals surface area (Å²) in [6.07, 6.45) is 0.337. The van der Waals surface area contributed by atoms with Crippen LogP contribution in [0.2, 0.25) is 0 Å². The lowest BCUT2D eigenvalue weighted by Gasteiger charge is -2.05. The molecule has 0 aliphatic rings. The summed E-state index contributed by atoms with van der Waals surface area (Å²) in [5, 5.41) is 13.5. The Balaban J connectivity index is 2.11. The van der Waals surface area contributed by atoms with Crippen molar-refractivity contribution in [3.8, 4) is 11.8 Å². The van der Waals surface area contributed by atoms with Crippen LogP contribution in [-0.4, -0.2) is 22.6 Å². The lowest BCUT2D eigenvalue weighted by Crippen LogP contribution is -2.13. The number of aromatic nitrogens is 1. The number of carbonyl (C=O) groups excluding carboxylic acids is 1. The van der Waals surface area contributed by atoms with Crippen LogP contribution in [0.1, 0.15) is 27.5 Å². The number of hydrogen-bond acceptors (Lipinski definition) is 4. The third-order valence-electron chi connectivity index (χ3n) is 2.54.